The van der Waals surface area contributed by atoms with Gasteiger partial charge >= 0.3 is 0 Å². The first-order valence-electron chi connectivity index (χ1n) is 11.9. The molecule has 2 aromatic carbocycles. The van der Waals surface area contributed by atoms with Crippen molar-refractivity contribution in [2.24, 2.45) is 11.3 Å². The van der Waals surface area contributed by atoms with Crippen molar-refractivity contribution in [1.82, 2.24) is 10.6 Å². The normalized spacial score (nSPS) is 27.6. The summed E-state index contributed by atoms with van der Waals surface area (Å²) in [7, 11) is 1.56. The van der Waals surface area contributed by atoms with E-state index in [1.54, 1.807) is 7.05 Å². The number of rotatable bonds is 6. The molecule has 1 heterocycles. The van der Waals surface area contributed by atoms with E-state index in [4.69, 9.17) is 32.7 Å². The van der Waals surface area contributed by atoms with Crippen LogP contribution in [0.3, 0.4) is 0 Å². The molecule has 5 unspecified atom stereocenters. The summed E-state index contributed by atoms with van der Waals surface area (Å²) in [5.41, 5.74) is 2.04. The van der Waals surface area contributed by atoms with Crippen molar-refractivity contribution >= 4 is 35.5 Å². The molecule has 0 aromatic heterocycles. The number of nitrogens with one attached hydrogen (secondary N) is 2. The first kappa shape index (κ1) is 26.4. The minimum atomic E-state index is -0.321. The molecule has 4 rings (SSSR count). The van der Waals surface area contributed by atoms with Crippen LogP contribution in [0.15, 0.2) is 42.5 Å². The van der Waals surface area contributed by atoms with Crippen molar-refractivity contribution in [3.05, 3.63) is 63.6 Å². The first-order chi connectivity index (χ1) is 16.3. The molecule has 2 N–H and O–H groups in total. The fraction of sp³-hybridized carbons (Fsp3) is 0.481. The highest BCUT2D eigenvalue weighted by Crippen LogP contribution is 2.60. The second kappa shape index (κ2) is 11.5. The van der Waals surface area contributed by atoms with Gasteiger partial charge in [0.05, 0.1) is 12.0 Å². The molecular weight excluding hydrogens is 471 g/mol. The van der Waals surface area contributed by atoms with Crippen LogP contribution < -0.4 is 15.4 Å². The second-order valence-electron chi connectivity index (χ2n) is 9.04. The zero-order chi connectivity index (χ0) is 24.9. The molecule has 1 saturated heterocycles. The van der Waals surface area contributed by atoms with Crippen LogP contribution in [-0.2, 0) is 9.59 Å². The number of benzene rings is 2. The lowest BCUT2D eigenvalue weighted by Crippen LogP contribution is -2.43. The fourth-order valence-electron chi connectivity index (χ4n) is 5.96. The van der Waals surface area contributed by atoms with Gasteiger partial charge in [0.2, 0.25) is 12.3 Å². The minimum Gasteiger partial charge on any atom is -0.494 e. The zero-order valence-corrected chi connectivity index (χ0v) is 21.7. The van der Waals surface area contributed by atoms with Crippen LogP contribution in [0.4, 0.5) is 0 Å². The molecule has 2 amide bonds. The molecule has 184 valence electrons. The lowest BCUT2D eigenvalue weighted by atomic mass is 9.54. The van der Waals surface area contributed by atoms with Gasteiger partial charge in [-0.2, -0.15) is 0 Å². The Morgan fingerprint density at radius 2 is 1.85 bits per heavy atom. The number of hydrogen-bond donors (Lipinski definition) is 2. The Labute approximate surface area is 212 Å². The topological polar surface area (TPSA) is 67.4 Å². The molecule has 1 aliphatic heterocycles. The van der Waals surface area contributed by atoms with Crippen LogP contribution in [0.2, 0.25) is 10.0 Å². The largest absolute Gasteiger partial charge is 0.494 e. The first-order valence-corrected chi connectivity index (χ1v) is 12.7. The molecule has 1 aliphatic carbocycles. The van der Waals surface area contributed by atoms with E-state index in [2.05, 4.69) is 42.7 Å². The SMILES string of the molecule is CCOc1ccc(C2CCC3(CC)C(=O)NC(C)C3C2c2ccc(Cl)cc2)c(Cl)c1.CNC=O. The second-order valence-corrected chi connectivity index (χ2v) is 9.89. The van der Waals surface area contributed by atoms with E-state index in [9.17, 15) is 4.79 Å². The summed E-state index contributed by atoms with van der Waals surface area (Å²) in [6.45, 7) is 6.87. The van der Waals surface area contributed by atoms with E-state index in [-0.39, 0.29) is 35.1 Å². The van der Waals surface area contributed by atoms with Gasteiger partial charge < -0.3 is 15.4 Å². The number of hydrogen-bond acceptors (Lipinski definition) is 3. The van der Waals surface area contributed by atoms with Crippen molar-refractivity contribution < 1.29 is 14.3 Å². The number of carbonyl (C=O) groups excluding carboxylic acids is 2. The van der Waals surface area contributed by atoms with E-state index in [1.165, 1.54) is 5.56 Å². The molecule has 5 nitrogen and oxygen atoms in total. The van der Waals surface area contributed by atoms with E-state index in [0.717, 1.165) is 40.6 Å². The lowest BCUT2D eigenvalue weighted by molar-refractivity contribution is -0.131. The smallest absolute Gasteiger partial charge is 0.226 e. The summed E-state index contributed by atoms with van der Waals surface area (Å²) in [5.74, 6) is 1.61. The predicted octanol–water partition coefficient (Wildman–Crippen LogP) is 5.95. The molecule has 34 heavy (non-hydrogen) atoms. The van der Waals surface area contributed by atoms with Crippen LogP contribution in [0.25, 0.3) is 0 Å². The van der Waals surface area contributed by atoms with Gasteiger partial charge in [-0.1, -0.05) is 48.3 Å². The Morgan fingerprint density at radius 3 is 2.41 bits per heavy atom. The van der Waals surface area contributed by atoms with Crippen LogP contribution in [0.5, 0.6) is 5.75 Å². The number of halogens is 2. The van der Waals surface area contributed by atoms with E-state index >= 15 is 0 Å². The van der Waals surface area contributed by atoms with Crippen molar-refractivity contribution in [2.45, 2.75) is 57.9 Å². The minimum absolute atomic E-state index is 0.113. The molecule has 0 radical (unpaired) electrons. The van der Waals surface area contributed by atoms with Gasteiger partial charge in [0.15, 0.2) is 0 Å². The maximum absolute atomic E-state index is 13.1. The van der Waals surface area contributed by atoms with Crippen molar-refractivity contribution in [2.75, 3.05) is 13.7 Å². The Bertz CT molecular complexity index is 998. The Kier molecular flexibility index (Phi) is 8.89. The van der Waals surface area contributed by atoms with Crippen LogP contribution in [0.1, 0.15) is 63.0 Å². The maximum Gasteiger partial charge on any atom is 0.226 e. The predicted molar refractivity (Wildman–Crippen MR) is 138 cm³/mol. The molecule has 1 saturated carbocycles. The van der Waals surface area contributed by atoms with E-state index < -0.39 is 0 Å². The highest BCUT2D eigenvalue weighted by Gasteiger charge is 2.59. The highest BCUT2D eigenvalue weighted by molar-refractivity contribution is 6.31. The summed E-state index contributed by atoms with van der Waals surface area (Å²) in [6, 6.07) is 14.3. The van der Waals surface area contributed by atoms with E-state index in [0.29, 0.717) is 13.0 Å². The third-order valence-electron chi connectivity index (χ3n) is 7.40. The van der Waals surface area contributed by atoms with Gasteiger partial charge in [-0.3, -0.25) is 9.59 Å². The monoisotopic (exact) mass is 504 g/mol. The van der Waals surface area contributed by atoms with Crippen LogP contribution in [0, 0.1) is 11.3 Å². The zero-order valence-electron chi connectivity index (χ0n) is 20.2. The Balaban J connectivity index is 0.000000751. The van der Waals surface area contributed by atoms with Gasteiger partial charge in [0.25, 0.3) is 0 Å². The molecule has 5 atom stereocenters. The summed E-state index contributed by atoms with van der Waals surface area (Å²) < 4.78 is 5.63. The lowest BCUT2D eigenvalue weighted by Gasteiger charge is -2.47. The molecule has 2 aromatic rings. The van der Waals surface area contributed by atoms with Gasteiger partial charge in [-0.15, -0.1) is 0 Å². The highest BCUT2D eigenvalue weighted by atomic mass is 35.5. The third-order valence-corrected chi connectivity index (χ3v) is 7.97. The van der Waals surface area contributed by atoms with Gasteiger partial charge in [0, 0.05) is 29.1 Å². The van der Waals surface area contributed by atoms with Gasteiger partial charge in [-0.25, -0.2) is 0 Å². The number of ether oxygens (including phenoxy) is 1. The summed E-state index contributed by atoms with van der Waals surface area (Å²) >= 11 is 13.0. The molecule has 0 spiro atoms. The summed E-state index contributed by atoms with van der Waals surface area (Å²) in [4.78, 5) is 22.1. The number of amides is 2. The van der Waals surface area contributed by atoms with Gasteiger partial charge in [-0.05, 0) is 80.3 Å². The quantitative estimate of drug-likeness (QED) is 0.477. The van der Waals surface area contributed by atoms with E-state index in [1.807, 2.05) is 31.2 Å². The average Bonchev–Trinajstić information content (AvgIpc) is 3.10. The molecule has 0 bridgehead atoms. The summed E-state index contributed by atoms with van der Waals surface area (Å²) in [6.07, 6.45) is 3.27. The maximum atomic E-state index is 13.1. The standard InChI is InChI=1S/C25H29Cl2NO2.C2H5NO/c1-4-25-13-12-20(19-11-10-18(30-5-2)14-21(19)27)22(16-6-8-17(26)9-7-16)23(25)15(3)28-24(25)29;1-3-2-4/h6-11,14-15,20,22-23H,4-5,12-13H2,1-3H3,(H,28,29);2H,1H3,(H,3,4). The van der Waals surface area contributed by atoms with Crippen LogP contribution in [-0.4, -0.2) is 32.0 Å². The number of carbonyl (C=O) groups is 2. The summed E-state index contributed by atoms with van der Waals surface area (Å²) in [5, 5.41) is 6.96. The van der Waals surface area contributed by atoms with Crippen molar-refractivity contribution in [3.8, 4) is 5.75 Å². The Hall–Kier alpha value is -2.24. The van der Waals surface area contributed by atoms with Crippen LogP contribution >= 0.6 is 23.2 Å². The average molecular weight is 505 g/mol. The number of fused-ring (bicyclic) bond motifs is 1. The fourth-order valence-corrected chi connectivity index (χ4v) is 6.40. The third kappa shape index (κ3) is 5.06. The molecule has 2 aliphatic rings. The molecule has 7 heteroatoms. The molecule has 2 fully saturated rings. The molecular formula is C27H34Cl2N2O3. The Morgan fingerprint density at radius 1 is 1.18 bits per heavy atom. The van der Waals surface area contributed by atoms with Gasteiger partial charge in [0.1, 0.15) is 5.75 Å². The van der Waals surface area contributed by atoms with Crippen molar-refractivity contribution in [3.63, 3.8) is 0 Å². The van der Waals surface area contributed by atoms with Crippen molar-refractivity contribution in [1.29, 1.82) is 0 Å².